The lowest BCUT2D eigenvalue weighted by Crippen LogP contribution is -2.21. The Balaban J connectivity index is 0.000000112. The van der Waals surface area contributed by atoms with Crippen LogP contribution in [0.3, 0.4) is 0 Å². The van der Waals surface area contributed by atoms with E-state index in [0.29, 0.717) is 0 Å². The SMILES string of the molecule is C1CCNCC1.c1nc[nH]n1. The van der Waals surface area contributed by atoms with Crippen LogP contribution in [-0.4, -0.2) is 28.3 Å². The molecule has 1 aliphatic heterocycles. The fourth-order valence-electron chi connectivity index (χ4n) is 0.968. The van der Waals surface area contributed by atoms with Crippen molar-refractivity contribution in [3.8, 4) is 0 Å². The molecule has 0 amide bonds. The standard InChI is InChI=1S/C5H11N.C2H3N3/c1-2-4-6-5-3-1;1-3-2-5-4-1/h6H,1-5H2;1-2H,(H,3,4,5). The number of hydrogen-bond donors (Lipinski definition) is 2. The molecule has 0 radical (unpaired) electrons. The molecule has 0 unspecified atom stereocenters. The molecule has 0 aromatic carbocycles. The van der Waals surface area contributed by atoms with Gasteiger partial charge in [-0.05, 0) is 25.9 Å². The largest absolute Gasteiger partial charge is 0.317 e. The van der Waals surface area contributed by atoms with Gasteiger partial charge in [0.1, 0.15) is 12.7 Å². The van der Waals surface area contributed by atoms with Gasteiger partial charge < -0.3 is 5.32 Å². The Labute approximate surface area is 66.4 Å². The van der Waals surface area contributed by atoms with Gasteiger partial charge in [-0.25, -0.2) is 4.98 Å². The molecule has 1 saturated heterocycles. The molecule has 11 heavy (non-hydrogen) atoms. The summed E-state index contributed by atoms with van der Waals surface area (Å²) in [7, 11) is 0. The highest BCUT2D eigenvalue weighted by molar-refractivity contribution is 4.55. The van der Waals surface area contributed by atoms with Crippen LogP contribution >= 0.6 is 0 Å². The molecule has 2 N–H and O–H groups in total. The molecule has 0 aliphatic carbocycles. The van der Waals surface area contributed by atoms with Crippen molar-refractivity contribution in [1.82, 2.24) is 20.5 Å². The Hall–Kier alpha value is -0.900. The first-order valence-electron chi connectivity index (χ1n) is 3.99. The van der Waals surface area contributed by atoms with E-state index in [1.54, 1.807) is 0 Å². The fourth-order valence-corrected chi connectivity index (χ4v) is 0.968. The third kappa shape index (κ3) is 4.50. The average Bonchev–Trinajstić information content (AvgIpc) is 2.64. The third-order valence-electron chi connectivity index (χ3n) is 1.54. The minimum Gasteiger partial charge on any atom is -0.317 e. The van der Waals surface area contributed by atoms with Crippen molar-refractivity contribution in [1.29, 1.82) is 0 Å². The highest BCUT2D eigenvalue weighted by atomic mass is 15.2. The van der Waals surface area contributed by atoms with E-state index >= 15 is 0 Å². The summed E-state index contributed by atoms with van der Waals surface area (Å²) in [6, 6.07) is 0. The quantitative estimate of drug-likeness (QED) is 0.574. The number of H-pyrrole nitrogens is 1. The van der Waals surface area contributed by atoms with E-state index in [1.165, 1.54) is 45.0 Å². The molecule has 4 nitrogen and oxygen atoms in total. The summed E-state index contributed by atoms with van der Waals surface area (Å²) in [5, 5.41) is 9.27. The second kappa shape index (κ2) is 5.85. The van der Waals surface area contributed by atoms with Gasteiger partial charge in [0.05, 0.1) is 0 Å². The monoisotopic (exact) mass is 154 g/mol. The Morgan fingerprint density at radius 1 is 1.09 bits per heavy atom. The van der Waals surface area contributed by atoms with Crippen molar-refractivity contribution in [2.24, 2.45) is 0 Å². The number of piperidine rings is 1. The lowest BCUT2D eigenvalue weighted by molar-refractivity contribution is 0.520. The van der Waals surface area contributed by atoms with E-state index in [9.17, 15) is 0 Å². The van der Waals surface area contributed by atoms with Crippen LogP contribution in [0.2, 0.25) is 0 Å². The molecule has 1 aromatic heterocycles. The zero-order valence-corrected chi connectivity index (χ0v) is 6.58. The predicted molar refractivity (Wildman–Crippen MR) is 43.1 cm³/mol. The molecule has 1 aliphatic rings. The normalized spacial score (nSPS) is 16.7. The highest BCUT2D eigenvalue weighted by Crippen LogP contribution is 1.96. The van der Waals surface area contributed by atoms with Crippen LogP contribution in [0.4, 0.5) is 0 Å². The van der Waals surface area contributed by atoms with Gasteiger partial charge in [0, 0.05) is 0 Å². The summed E-state index contributed by atoms with van der Waals surface area (Å²) < 4.78 is 0. The minimum absolute atomic E-state index is 1.25. The Morgan fingerprint density at radius 3 is 2.09 bits per heavy atom. The van der Waals surface area contributed by atoms with Crippen molar-refractivity contribution in [3.63, 3.8) is 0 Å². The van der Waals surface area contributed by atoms with E-state index in [2.05, 4.69) is 20.5 Å². The maximum absolute atomic E-state index is 3.56. The van der Waals surface area contributed by atoms with Crippen molar-refractivity contribution >= 4 is 0 Å². The number of nitrogens with zero attached hydrogens (tertiary/aromatic N) is 2. The van der Waals surface area contributed by atoms with Crippen LogP contribution in [0.5, 0.6) is 0 Å². The molecular formula is C7H14N4. The van der Waals surface area contributed by atoms with Gasteiger partial charge in [0.25, 0.3) is 0 Å². The first-order valence-corrected chi connectivity index (χ1v) is 3.99. The second-order valence-corrected chi connectivity index (χ2v) is 2.46. The number of rotatable bonds is 0. The average molecular weight is 154 g/mol. The van der Waals surface area contributed by atoms with Crippen LogP contribution < -0.4 is 5.32 Å². The smallest absolute Gasteiger partial charge is 0.137 e. The zero-order valence-electron chi connectivity index (χ0n) is 6.58. The van der Waals surface area contributed by atoms with Gasteiger partial charge in [0.2, 0.25) is 0 Å². The van der Waals surface area contributed by atoms with Gasteiger partial charge in [-0.15, -0.1) is 0 Å². The topological polar surface area (TPSA) is 53.6 Å². The van der Waals surface area contributed by atoms with Crippen LogP contribution in [0.15, 0.2) is 12.7 Å². The van der Waals surface area contributed by atoms with E-state index < -0.39 is 0 Å². The van der Waals surface area contributed by atoms with E-state index in [0.717, 1.165) is 0 Å². The van der Waals surface area contributed by atoms with Crippen molar-refractivity contribution in [2.75, 3.05) is 13.1 Å². The van der Waals surface area contributed by atoms with Gasteiger partial charge in [-0.2, -0.15) is 5.10 Å². The molecule has 0 saturated carbocycles. The summed E-state index contributed by atoms with van der Waals surface area (Å²) in [6.07, 6.45) is 7.17. The van der Waals surface area contributed by atoms with Crippen molar-refractivity contribution in [3.05, 3.63) is 12.7 Å². The van der Waals surface area contributed by atoms with Crippen molar-refractivity contribution < 1.29 is 0 Å². The summed E-state index contributed by atoms with van der Waals surface area (Å²) in [5.41, 5.74) is 0. The summed E-state index contributed by atoms with van der Waals surface area (Å²) in [5.74, 6) is 0. The Bertz CT molecular complexity index is 117. The maximum atomic E-state index is 3.56. The van der Waals surface area contributed by atoms with Crippen molar-refractivity contribution in [2.45, 2.75) is 19.3 Å². The summed E-state index contributed by atoms with van der Waals surface area (Å²) >= 11 is 0. The van der Waals surface area contributed by atoms with Crippen LogP contribution in [0.25, 0.3) is 0 Å². The molecule has 0 spiro atoms. The molecule has 1 fully saturated rings. The number of aromatic amines is 1. The Kier molecular flexibility index (Phi) is 4.36. The van der Waals surface area contributed by atoms with E-state index in [1.807, 2.05) is 0 Å². The van der Waals surface area contributed by atoms with Crippen LogP contribution in [0, 0.1) is 0 Å². The van der Waals surface area contributed by atoms with E-state index in [4.69, 9.17) is 0 Å². The first-order chi connectivity index (χ1) is 5.50. The number of hydrogen-bond acceptors (Lipinski definition) is 3. The molecule has 1 aromatic rings. The lowest BCUT2D eigenvalue weighted by atomic mass is 10.2. The molecule has 0 atom stereocenters. The predicted octanol–water partition coefficient (Wildman–Crippen LogP) is 0.565. The second-order valence-electron chi connectivity index (χ2n) is 2.46. The molecular weight excluding hydrogens is 140 g/mol. The van der Waals surface area contributed by atoms with Gasteiger partial charge in [-0.1, -0.05) is 6.42 Å². The molecule has 4 heteroatoms. The molecule has 0 bridgehead atoms. The lowest BCUT2D eigenvalue weighted by Gasteiger charge is -2.08. The van der Waals surface area contributed by atoms with Crippen LogP contribution in [0.1, 0.15) is 19.3 Å². The molecule has 2 rings (SSSR count). The Morgan fingerprint density at radius 2 is 1.91 bits per heavy atom. The fraction of sp³-hybridized carbons (Fsp3) is 0.714. The van der Waals surface area contributed by atoms with Gasteiger partial charge in [-0.3, -0.25) is 5.10 Å². The maximum Gasteiger partial charge on any atom is 0.137 e. The molecule has 2 heterocycles. The number of aromatic nitrogens is 3. The van der Waals surface area contributed by atoms with Gasteiger partial charge >= 0.3 is 0 Å². The summed E-state index contributed by atoms with van der Waals surface area (Å²) in [6.45, 7) is 2.50. The zero-order chi connectivity index (χ0) is 7.78. The highest BCUT2D eigenvalue weighted by Gasteiger charge is 1.93. The third-order valence-corrected chi connectivity index (χ3v) is 1.54. The summed E-state index contributed by atoms with van der Waals surface area (Å²) in [4.78, 5) is 3.56. The first kappa shape index (κ1) is 8.20. The molecule has 62 valence electrons. The van der Waals surface area contributed by atoms with E-state index in [-0.39, 0.29) is 0 Å². The van der Waals surface area contributed by atoms with Gasteiger partial charge in [0.15, 0.2) is 0 Å². The number of nitrogens with one attached hydrogen (secondary N) is 2. The minimum atomic E-state index is 1.25. The van der Waals surface area contributed by atoms with Crippen LogP contribution in [-0.2, 0) is 0 Å².